The summed E-state index contributed by atoms with van der Waals surface area (Å²) >= 11 is 3.43. The fourth-order valence-electron chi connectivity index (χ4n) is 2.38. The zero-order valence-electron chi connectivity index (χ0n) is 14.6. The van der Waals surface area contributed by atoms with Gasteiger partial charge in [-0.3, -0.25) is 0 Å². The molecule has 0 bridgehead atoms. The first-order valence-corrected chi connectivity index (χ1v) is 8.38. The van der Waals surface area contributed by atoms with Gasteiger partial charge >= 0.3 is 6.03 Å². The molecule has 2 N–H and O–H groups in total. The van der Waals surface area contributed by atoms with Crippen LogP contribution in [-0.4, -0.2) is 27.4 Å². The van der Waals surface area contributed by atoms with Crippen molar-refractivity contribution < 1.29 is 19.0 Å². The number of nitrogens with one attached hydrogen (secondary N) is 2. The summed E-state index contributed by atoms with van der Waals surface area (Å²) < 4.78 is 17.0. The van der Waals surface area contributed by atoms with Gasteiger partial charge in [-0.2, -0.15) is 0 Å². The lowest BCUT2D eigenvalue weighted by atomic mass is 10.1. The molecule has 0 aromatic heterocycles. The van der Waals surface area contributed by atoms with Crippen LogP contribution in [0.4, 0.5) is 10.5 Å². The maximum absolute atomic E-state index is 12.1. The van der Waals surface area contributed by atoms with E-state index in [2.05, 4.69) is 26.6 Å². The summed E-state index contributed by atoms with van der Waals surface area (Å²) in [5.74, 6) is 1.59. The molecule has 2 amide bonds. The molecule has 2 rings (SSSR count). The highest BCUT2D eigenvalue weighted by Gasteiger charge is 2.16. The van der Waals surface area contributed by atoms with Crippen LogP contribution in [0.25, 0.3) is 0 Å². The third kappa shape index (κ3) is 4.57. The number of benzene rings is 2. The quantitative estimate of drug-likeness (QED) is 0.754. The highest BCUT2D eigenvalue weighted by Crippen LogP contribution is 2.39. The van der Waals surface area contributed by atoms with Gasteiger partial charge in [-0.05, 0) is 42.8 Å². The normalized spacial score (nSPS) is 10.1. The van der Waals surface area contributed by atoms with Gasteiger partial charge in [0.15, 0.2) is 11.5 Å². The number of ether oxygens (including phenoxy) is 3. The molecule has 0 radical (unpaired) electrons. The second kappa shape index (κ2) is 8.62. The van der Waals surface area contributed by atoms with Gasteiger partial charge in [-0.25, -0.2) is 4.79 Å². The lowest BCUT2D eigenvalue weighted by Crippen LogP contribution is -2.28. The first-order chi connectivity index (χ1) is 12.0. The smallest absolute Gasteiger partial charge is 0.319 e. The zero-order chi connectivity index (χ0) is 18.4. The summed E-state index contributed by atoms with van der Waals surface area (Å²) in [6.07, 6.45) is 0. The number of hydrogen-bond acceptors (Lipinski definition) is 4. The molecule has 6 nitrogen and oxygen atoms in total. The molecule has 0 saturated heterocycles. The number of rotatable bonds is 6. The number of hydrogen-bond donors (Lipinski definition) is 2. The topological polar surface area (TPSA) is 68.8 Å². The van der Waals surface area contributed by atoms with E-state index < -0.39 is 0 Å². The van der Waals surface area contributed by atoms with Gasteiger partial charge < -0.3 is 24.8 Å². The molecule has 0 fully saturated rings. The Hall–Kier alpha value is -2.41. The minimum atomic E-state index is -0.307. The molecule has 2 aromatic carbocycles. The van der Waals surface area contributed by atoms with Gasteiger partial charge in [0.05, 0.1) is 21.3 Å². The lowest BCUT2D eigenvalue weighted by Gasteiger charge is -2.16. The van der Waals surface area contributed by atoms with Crippen molar-refractivity contribution in [2.75, 3.05) is 26.6 Å². The van der Waals surface area contributed by atoms with Gasteiger partial charge in [0.25, 0.3) is 0 Å². The Morgan fingerprint density at radius 2 is 1.76 bits per heavy atom. The van der Waals surface area contributed by atoms with E-state index in [0.29, 0.717) is 17.2 Å². The van der Waals surface area contributed by atoms with Crippen molar-refractivity contribution in [2.24, 2.45) is 0 Å². The summed E-state index contributed by atoms with van der Waals surface area (Å²) in [7, 11) is 4.65. The number of amides is 2. The van der Waals surface area contributed by atoms with Crippen molar-refractivity contribution >= 4 is 27.6 Å². The lowest BCUT2D eigenvalue weighted by molar-refractivity contribution is 0.251. The van der Waals surface area contributed by atoms with Crippen LogP contribution < -0.4 is 24.8 Å². The van der Waals surface area contributed by atoms with E-state index in [0.717, 1.165) is 21.3 Å². The van der Waals surface area contributed by atoms with Gasteiger partial charge in [0, 0.05) is 22.3 Å². The Kier molecular flexibility index (Phi) is 6.52. The Morgan fingerprint density at radius 1 is 1.04 bits per heavy atom. The molecule has 0 heterocycles. The Bertz CT molecular complexity index is 765. The van der Waals surface area contributed by atoms with Gasteiger partial charge in [0.2, 0.25) is 5.75 Å². The average molecular weight is 409 g/mol. The SMILES string of the molecule is COc1ccc(CNC(=O)Nc2ccc(Br)c(C)c2)c(OC)c1OC. The zero-order valence-corrected chi connectivity index (χ0v) is 16.2. The van der Waals surface area contributed by atoms with Gasteiger partial charge in [0.1, 0.15) is 0 Å². The van der Waals surface area contributed by atoms with Crippen LogP contribution in [0.1, 0.15) is 11.1 Å². The third-order valence-corrected chi connectivity index (χ3v) is 4.53. The Morgan fingerprint density at radius 3 is 2.36 bits per heavy atom. The molecule has 0 spiro atoms. The van der Waals surface area contributed by atoms with Crippen LogP contribution in [0, 0.1) is 6.92 Å². The first-order valence-electron chi connectivity index (χ1n) is 7.59. The second-order valence-electron chi connectivity index (χ2n) is 5.27. The number of anilines is 1. The molecule has 0 saturated carbocycles. The summed E-state index contributed by atoms with van der Waals surface area (Å²) in [5, 5.41) is 5.61. The summed E-state index contributed by atoms with van der Waals surface area (Å²) in [4.78, 5) is 12.1. The van der Waals surface area contributed by atoms with Gasteiger partial charge in [-0.15, -0.1) is 0 Å². The van der Waals surface area contributed by atoms with Gasteiger partial charge in [-0.1, -0.05) is 15.9 Å². The number of aryl methyl sites for hydroxylation is 1. The van der Waals surface area contributed by atoms with Crippen molar-refractivity contribution in [2.45, 2.75) is 13.5 Å². The van der Waals surface area contributed by atoms with Crippen molar-refractivity contribution in [3.63, 3.8) is 0 Å². The first kappa shape index (κ1) is 18.9. The highest BCUT2D eigenvalue weighted by molar-refractivity contribution is 9.10. The fraction of sp³-hybridized carbons (Fsp3) is 0.278. The molecule has 7 heteroatoms. The van der Waals surface area contributed by atoms with E-state index in [1.165, 1.54) is 0 Å². The molecule has 134 valence electrons. The molecule has 0 aliphatic heterocycles. The highest BCUT2D eigenvalue weighted by atomic mass is 79.9. The van der Waals surface area contributed by atoms with E-state index >= 15 is 0 Å². The van der Waals surface area contributed by atoms with E-state index in [1.807, 2.05) is 31.2 Å². The average Bonchev–Trinajstić information content (AvgIpc) is 2.61. The molecule has 0 aliphatic carbocycles. The largest absolute Gasteiger partial charge is 0.493 e. The number of carbonyl (C=O) groups excluding carboxylic acids is 1. The number of methoxy groups -OCH3 is 3. The van der Waals surface area contributed by atoms with Crippen LogP contribution in [0.15, 0.2) is 34.8 Å². The molecule has 0 atom stereocenters. The van der Waals surface area contributed by atoms with Crippen LogP contribution in [0.2, 0.25) is 0 Å². The number of carbonyl (C=O) groups is 1. The maximum Gasteiger partial charge on any atom is 0.319 e. The van der Waals surface area contributed by atoms with Crippen molar-refractivity contribution in [1.29, 1.82) is 0 Å². The molecule has 25 heavy (non-hydrogen) atoms. The van der Waals surface area contributed by atoms with Crippen LogP contribution >= 0.6 is 15.9 Å². The minimum absolute atomic E-state index is 0.283. The van der Waals surface area contributed by atoms with Crippen LogP contribution in [0.5, 0.6) is 17.2 Å². The minimum Gasteiger partial charge on any atom is -0.493 e. The Labute approximate surface area is 155 Å². The molecule has 0 unspecified atom stereocenters. The predicted molar refractivity (Wildman–Crippen MR) is 101 cm³/mol. The molecule has 0 aliphatic rings. The molecular formula is C18H21BrN2O4. The number of urea groups is 1. The molecule has 2 aromatic rings. The second-order valence-corrected chi connectivity index (χ2v) is 6.12. The summed E-state index contributed by atoms with van der Waals surface area (Å²) in [6, 6.07) is 8.90. The van der Waals surface area contributed by atoms with Crippen molar-refractivity contribution in [3.05, 3.63) is 45.9 Å². The van der Waals surface area contributed by atoms with Crippen molar-refractivity contribution in [3.8, 4) is 17.2 Å². The fourth-order valence-corrected chi connectivity index (χ4v) is 2.62. The van der Waals surface area contributed by atoms with Crippen LogP contribution in [-0.2, 0) is 6.54 Å². The standard InChI is InChI=1S/C18H21BrN2O4/c1-11-9-13(6-7-14(11)19)21-18(22)20-10-12-5-8-15(23-2)17(25-4)16(12)24-3/h5-9H,10H2,1-4H3,(H2,20,21,22). The van der Waals surface area contributed by atoms with E-state index in [-0.39, 0.29) is 12.6 Å². The van der Waals surface area contributed by atoms with E-state index in [4.69, 9.17) is 14.2 Å². The third-order valence-electron chi connectivity index (χ3n) is 3.64. The van der Waals surface area contributed by atoms with E-state index in [1.54, 1.807) is 27.4 Å². The summed E-state index contributed by atoms with van der Waals surface area (Å²) in [6.45, 7) is 2.24. The predicted octanol–water partition coefficient (Wildman–Crippen LogP) is 4.11. The van der Waals surface area contributed by atoms with E-state index in [9.17, 15) is 4.79 Å². The maximum atomic E-state index is 12.1. The number of halogens is 1. The molecular weight excluding hydrogens is 388 g/mol. The van der Waals surface area contributed by atoms with Crippen molar-refractivity contribution in [1.82, 2.24) is 5.32 Å². The Balaban J connectivity index is 2.07. The van der Waals surface area contributed by atoms with Crippen LogP contribution in [0.3, 0.4) is 0 Å². The summed E-state index contributed by atoms with van der Waals surface area (Å²) in [5.41, 5.74) is 2.54. The monoisotopic (exact) mass is 408 g/mol.